The van der Waals surface area contributed by atoms with Crippen molar-refractivity contribution in [3.05, 3.63) is 36.0 Å². The molecule has 0 fully saturated rings. The van der Waals surface area contributed by atoms with Gasteiger partial charge < -0.3 is 16.0 Å². The van der Waals surface area contributed by atoms with Crippen molar-refractivity contribution in [2.45, 2.75) is 19.4 Å². The average Bonchev–Trinajstić information content (AvgIpc) is 2.72. The minimum Gasteiger partial charge on any atom is -0.368 e. The molecule has 0 saturated heterocycles. The van der Waals surface area contributed by atoms with Crippen LogP contribution < -0.4 is 11.1 Å². The molecule has 0 aliphatic heterocycles. The highest BCUT2D eigenvalue weighted by Gasteiger charge is 2.07. The van der Waals surface area contributed by atoms with Crippen LogP contribution in [-0.4, -0.2) is 23.5 Å². The predicted octanol–water partition coefficient (Wildman–Crippen LogP) is 1.17. The summed E-state index contributed by atoms with van der Waals surface area (Å²) < 4.78 is 0. The smallest absolute Gasteiger partial charge is 0.234 e. The molecule has 90 valence electrons. The Bertz CT molecular complexity index is 518. The van der Waals surface area contributed by atoms with Gasteiger partial charge in [-0.3, -0.25) is 4.79 Å². The fourth-order valence-electron chi connectivity index (χ4n) is 1.86. The number of aromatic amines is 1. The Morgan fingerprint density at radius 2 is 2.24 bits per heavy atom. The molecule has 4 nitrogen and oxygen atoms in total. The molecule has 0 saturated carbocycles. The van der Waals surface area contributed by atoms with Gasteiger partial charge in [0.05, 0.1) is 6.04 Å². The van der Waals surface area contributed by atoms with Crippen LogP contribution in [0.4, 0.5) is 0 Å². The van der Waals surface area contributed by atoms with E-state index in [1.165, 1.54) is 10.9 Å². The molecule has 2 aromatic rings. The third-order valence-electron chi connectivity index (χ3n) is 2.95. The fraction of sp³-hybridized carbons (Fsp3) is 0.308. The number of aromatic nitrogens is 1. The van der Waals surface area contributed by atoms with E-state index in [4.69, 9.17) is 5.73 Å². The molecule has 0 radical (unpaired) electrons. The van der Waals surface area contributed by atoms with Gasteiger partial charge in [0.25, 0.3) is 0 Å². The number of benzene rings is 1. The minimum atomic E-state index is -0.316. The van der Waals surface area contributed by atoms with E-state index in [1.807, 2.05) is 18.3 Å². The molecule has 0 bridgehead atoms. The van der Waals surface area contributed by atoms with E-state index in [0.29, 0.717) is 0 Å². The van der Waals surface area contributed by atoms with E-state index >= 15 is 0 Å². The molecule has 2 rings (SSSR count). The van der Waals surface area contributed by atoms with Crippen LogP contribution in [0.3, 0.4) is 0 Å². The lowest BCUT2D eigenvalue weighted by molar-refractivity contribution is -0.119. The van der Waals surface area contributed by atoms with Gasteiger partial charge in [0.2, 0.25) is 5.91 Å². The highest BCUT2D eigenvalue weighted by atomic mass is 16.1. The van der Waals surface area contributed by atoms with E-state index in [0.717, 1.165) is 18.5 Å². The molecular weight excluding hydrogens is 214 g/mol. The monoisotopic (exact) mass is 231 g/mol. The third kappa shape index (κ3) is 2.65. The van der Waals surface area contributed by atoms with Crippen LogP contribution in [-0.2, 0) is 11.2 Å². The molecule has 1 atom stereocenters. The molecule has 1 aromatic carbocycles. The van der Waals surface area contributed by atoms with Gasteiger partial charge in [-0.1, -0.05) is 18.2 Å². The maximum absolute atomic E-state index is 10.9. The largest absolute Gasteiger partial charge is 0.368 e. The molecule has 1 heterocycles. The number of hydrogen-bond acceptors (Lipinski definition) is 2. The molecule has 17 heavy (non-hydrogen) atoms. The van der Waals surface area contributed by atoms with Crippen molar-refractivity contribution in [3.8, 4) is 0 Å². The summed E-state index contributed by atoms with van der Waals surface area (Å²) in [4.78, 5) is 14.1. The van der Waals surface area contributed by atoms with Crippen LogP contribution >= 0.6 is 0 Å². The van der Waals surface area contributed by atoms with Crippen LogP contribution in [0.5, 0.6) is 0 Å². The lowest BCUT2D eigenvalue weighted by Gasteiger charge is -2.09. The Balaban J connectivity index is 1.98. The molecule has 0 spiro atoms. The van der Waals surface area contributed by atoms with Gasteiger partial charge in [-0.05, 0) is 31.5 Å². The number of H-pyrrole nitrogens is 1. The summed E-state index contributed by atoms with van der Waals surface area (Å²) in [5.41, 5.74) is 7.58. The lowest BCUT2D eigenvalue weighted by Crippen LogP contribution is -2.39. The Hall–Kier alpha value is -1.81. The molecule has 1 aromatic heterocycles. The quantitative estimate of drug-likeness (QED) is 0.723. The fourth-order valence-corrected chi connectivity index (χ4v) is 1.86. The van der Waals surface area contributed by atoms with Crippen LogP contribution in [0.25, 0.3) is 10.9 Å². The summed E-state index contributed by atoms with van der Waals surface area (Å²) >= 11 is 0. The molecule has 0 aliphatic rings. The number of nitrogens with one attached hydrogen (secondary N) is 2. The van der Waals surface area contributed by atoms with Gasteiger partial charge in [0, 0.05) is 17.1 Å². The van der Waals surface area contributed by atoms with Crippen molar-refractivity contribution in [2.24, 2.45) is 5.73 Å². The average molecular weight is 231 g/mol. The zero-order valence-electron chi connectivity index (χ0n) is 9.86. The second-order valence-corrected chi connectivity index (χ2v) is 4.19. The number of rotatable bonds is 5. The van der Waals surface area contributed by atoms with Gasteiger partial charge >= 0.3 is 0 Å². The number of para-hydroxylation sites is 1. The number of primary amides is 1. The second kappa shape index (κ2) is 5.01. The van der Waals surface area contributed by atoms with Crippen LogP contribution in [0.15, 0.2) is 30.5 Å². The molecule has 4 heteroatoms. The minimum absolute atomic E-state index is 0.278. The Kier molecular flexibility index (Phi) is 3.44. The number of hydrogen-bond donors (Lipinski definition) is 3. The highest BCUT2D eigenvalue weighted by Crippen LogP contribution is 2.17. The first-order valence-electron chi connectivity index (χ1n) is 5.76. The summed E-state index contributed by atoms with van der Waals surface area (Å²) in [6.07, 6.45) is 2.89. The van der Waals surface area contributed by atoms with E-state index < -0.39 is 0 Å². The summed E-state index contributed by atoms with van der Waals surface area (Å²) in [6, 6.07) is 7.91. The second-order valence-electron chi connectivity index (χ2n) is 4.19. The SMILES string of the molecule is C[C@@H](NCCc1c[nH]c2ccccc12)C(N)=O. The Morgan fingerprint density at radius 3 is 3.00 bits per heavy atom. The number of carbonyl (C=O) groups is 1. The first kappa shape index (κ1) is 11.7. The van der Waals surface area contributed by atoms with Crippen molar-refractivity contribution in [3.63, 3.8) is 0 Å². The van der Waals surface area contributed by atoms with Crippen molar-refractivity contribution in [2.75, 3.05) is 6.54 Å². The van der Waals surface area contributed by atoms with E-state index in [2.05, 4.69) is 22.4 Å². The molecule has 0 aliphatic carbocycles. The van der Waals surface area contributed by atoms with Crippen LogP contribution in [0.2, 0.25) is 0 Å². The molecule has 0 unspecified atom stereocenters. The highest BCUT2D eigenvalue weighted by molar-refractivity contribution is 5.83. The summed E-state index contributed by atoms with van der Waals surface area (Å²) in [6.45, 7) is 2.52. The number of nitrogens with two attached hydrogens (primary N) is 1. The zero-order valence-corrected chi connectivity index (χ0v) is 9.86. The first-order chi connectivity index (χ1) is 8.18. The van der Waals surface area contributed by atoms with Crippen LogP contribution in [0, 0.1) is 0 Å². The van der Waals surface area contributed by atoms with Crippen molar-refractivity contribution in [1.82, 2.24) is 10.3 Å². The maximum atomic E-state index is 10.9. The zero-order chi connectivity index (χ0) is 12.3. The van der Waals surface area contributed by atoms with Crippen molar-refractivity contribution in [1.29, 1.82) is 0 Å². The van der Waals surface area contributed by atoms with E-state index in [1.54, 1.807) is 6.92 Å². The topological polar surface area (TPSA) is 70.9 Å². The van der Waals surface area contributed by atoms with Gasteiger partial charge in [-0.2, -0.15) is 0 Å². The van der Waals surface area contributed by atoms with E-state index in [-0.39, 0.29) is 11.9 Å². The summed E-state index contributed by atoms with van der Waals surface area (Å²) in [5, 5.41) is 4.33. The van der Waals surface area contributed by atoms with Crippen molar-refractivity contribution < 1.29 is 4.79 Å². The number of carbonyl (C=O) groups excluding carboxylic acids is 1. The predicted molar refractivity (Wildman–Crippen MR) is 68.7 cm³/mol. The third-order valence-corrected chi connectivity index (χ3v) is 2.95. The van der Waals surface area contributed by atoms with Gasteiger partial charge in [0.1, 0.15) is 0 Å². The van der Waals surface area contributed by atoms with Gasteiger partial charge in [-0.25, -0.2) is 0 Å². The Morgan fingerprint density at radius 1 is 1.47 bits per heavy atom. The summed E-state index contributed by atoms with van der Waals surface area (Å²) in [5.74, 6) is -0.316. The van der Waals surface area contributed by atoms with Gasteiger partial charge in [0.15, 0.2) is 0 Å². The Labute approximate surface area is 100 Å². The molecule has 4 N–H and O–H groups in total. The van der Waals surface area contributed by atoms with Gasteiger partial charge in [-0.15, -0.1) is 0 Å². The van der Waals surface area contributed by atoms with Crippen LogP contribution in [0.1, 0.15) is 12.5 Å². The summed E-state index contributed by atoms with van der Waals surface area (Å²) in [7, 11) is 0. The normalized spacial score (nSPS) is 12.8. The lowest BCUT2D eigenvalue weighted by atomic mass is 10.1. The van der Waals surface area contributed by atoms with E-state index in [9.17, 15) is 4.79 Å². The number of amides is 1. The standard InChI is InChI=1S/C13H17N3O/c1-9(13(14)17)15-7-6-10-8-16-12-5-3-2-4-11(10)12/h2-5,8-9,15-16H,6-7H2,1H3,(H2,14,17)/t9-/m1/s1. The number of fused-ring (bicyclic) bond motifs is 1. The van der Waals surface area contributed by atoms with Crippen molar-refractivity contribution >= 4 is 16.8 Å². The first-order valence-corrected chi connectivity index (χ1v) is 5.76. The molecule has 1 amide bonds. The molecular formula is C13H17N3O. The maximum Gasteiger partial charge on any atom is 0.234 e.